The quantitative estimate of drug-likeness (QED) is 0.874. The molecule has 0 aliphatic heterocycles. The number of aliphatic hydroxyl groups excluding tert-OH is 1. The molecule has 0 aliphatic carbocycles. The number of carbonyl (C=O) groups excluding carboxylic acids is 1. The third kappa shape index (κ3) is 4.46. The first-order valence-corrected chi connectivity index (χ1v) is 8.32. The zero-order valence-corrected chi connectivity index (χ0v) is 15.5. The van der Waals surface area contributed by atoms with Crippen LogP contribution in [0.4, 0.5) is 5.69 Å². The van der Waals surface area contributed by atoms with Crippen LogP contribution >= 0.6 is 11.6 Å². The molecule has 1 amide bonds. The molecule has 0 unspecified atom stereocenters. The molecule has 0 saturated heterocycles. The normalized spacial score (nSPS) is 11.4. The van der Waals surface area contributed by atoms with Gasteiger partial charge in [-0.05, 0) is 25.1 Å². The number of anilines is 1. The summed E-state index contributed by atoms with van der Waals surface area (Å²) in [6, 6.07) is 6.42. The van der Waals surface area contributed by atoms with Crippen molar-refractivity contribution >= 4 is 23.2 Å². The molecule has 7 heteroatoms. The summed E-state index contributed by atoms with van der Waals surface area (Å²) in [5.74, 6) is 0.320. The summed E-state index contributed by atoms with van der Waals surface area (Å²) in [7, 11) is 0. The van der Waals surface area contributed by atoms with Crippen LogP contribution in [0.3, 0.4) is 0 Å². The highest BCUT2D eigenvalue weighted by molar-refractivity contribution is 6.31. The number of halogens is 1. The molecule has 1 aromatic heterocycles. The van der Waals surface area contributed by atoms with Gasteiger partial charge in [-0.15, -0.1) is 0 Å². The van der Waals surface area contributed by atoms with Crippen LogP contribution in [0.5, 0.6) is 0 Å². The van der Waals surface area contributed by atoms with E-state index in [1.165, 1.54) is 10.6 Å². The summed E-state index contributed by atoms with van der Waals surface area (Å²) < 4.78 is 1.40. The molecule has 2 N–H and O–H groups in total. The fourth-order valence-electron chi connectivity index (χ4n) is 2.28. The lowest BCUT2D eigenvalue weighted by atomic mass is 9.95. The number of aromatic nitrogens is 2. The Morgan fingerprint density at radius 3 is 2.56 bits per heavy atom. The van der Waals surface area contributed by atoms with E-state index in [-0.39, 0.29) is 24.6 Å². The Morgan fingerprint density at radius 1 is 1.32 bits per heavy atom. The van der Waals surface area contributed by atoms with E-state index in [0.29, 0.717) is 27.8 Å². The molecular formula is C18H22ClN3O3. The number of hydrogen-bond acceptors (Lipinski definition) is 4. The molecule has 1 aromatic carbocycles. The number of nitrogens with zero attached hydrogens (tertiary/aromatic N) is 2. The van der Waals surface area contributed by atoms with Gasteiger partial charge in [-0.25, -0.2) is 4.98 Å². The van der Waals surface area contributed by atoms with Gasteiger partial charge < -0.3 is 10.4 Å². The van der Waals surface area contributed by atoms with Gasteiger partial charge in [0.25, 0.3) is 5.56 Å². The van der Waals surface area contributed by atoms with E-state index < -0.39 is 5.41 Å². The maximum atomic E-state index is 12.3. The first-order chi connectivity index (χ1) is 11.6. The van der Waals surface area contributed by atoms with Crippen molar-refractivity contribution in [2.75, 3.05) is 11.9 Å². The van der Waals surface area contributed by atoms with Crippen LogP contribution in [0.1, 0.15) is 26.6 Å². The highest BCUT2D eigenvalue weighted by Crippen LogP contribution is 2.30. The van der Waals surface area contributed by atoms with Gasteiger partial charge in [0.15, 0.2) is 0 Å². The standard InChI is InChI=1S/C18H22ClN3O3/c1-11-20-15(10-16(24)22(11)7-8-23)13-6-5-12(19)9-14(13)21-17(25)18(2,3)4/h5-6,9-10,23H,7-8H2,1-4H3,(H,21,25). The molecular weight excluding hydrogens is 342 g/mol. The van der Waals surface area contributed by atoms with Crippen LogP contribution < -0.4 is 10.9 Å². The van der Waals surface area contributed by atoms with Crippen LogP contribution in [0, 0.1) is 12.3 Å². The first kappa shape index (κ1) is 19.1. The second-order valence-corrected chi connectivity index (χ2v) is 7.23. The lowest BCUT2D eigenvalue weighted by molar-refractivity contribution is -0.123. The summed E-state index contributed by atoms with van der Waals surface area (Å²) in [5.41, 5.74) is 0.710. The molecule has 134 valence electrons. The van der Waals surface area contributed by atoms with E-state index in [2.05, 4.69) is 10.3 Å². The van der Waals surface area contributed by atoms with Gasteiger partial charge in [-0.3, -0.25) is 14.2 Å². The van der Waals surface area contributed by atoms with Crippen LogP contribution in [-0.2, 0) is 11.3 Å². The molecule has 6 nitrogen and oxygen atoms in total. The predicted octanol–water partition coefficient (Wildman–Crippen LogP) is 2.85. The fraction of sp³-hybridized carbons (Fsp3) is 0.389. The highest BCUT2D eigenvalue weighted by atomic mass is 35.5. The number of rotatable bonds is 4. The van der Waals surface area contributed by atoms with E-state index in [4.69, 9.17) is 16.7 Å². The molecule has 0 bridgehead atoms. The molecule has 25 heavy (non-hydrogen) atoms. The van der Waals surface area contributed by atoms with Gasteiger partial charge in [0.1, 0.15) is 5.82 Å². The molecule has 0 fully saturated rings. The summed E-state index contributed by atoms with van der Waals surface area (Å²) in [6.45, 7) is 7.17. The van der Waals surface area contributed by atoms with Crippen LogP contribution in [0.25, 0.3) is 11.3 Å². The maximum absolute atomic E-state index is 12.3. The molecule has 2 rings (SSSR count). The van der Waals surface area contributed by atoms with Gasteiger partial charge in [0.05, 0.1) is 24.5 Å². The molecule has 0 spiro atoms. The lowest BCUT2D eigenvalue weighted by Gasteiger charge is -2.20. The molecule has 0 radical (unpaired) electrons. The van der Waals surface area contributed by atoms with Crippen LogP contribution in [0.2, 0.25) is 5.02 Å². The number of benzene rings is 1. The van der Waals surface area contributed by atoms with Crippen molar-refractivity contribution in [1.29, 1.82) is 0 Å². The minimum absolute atomic E-state index is 0.143. The molecule has 0 saturated carbocycles. The van der Waals surface area contributed by atoms with Crippen molar-refractivity contribution in [2.24, 2.45) is 5.41 Å². The summed E-state index contributed by atoms with van der Waals surface area (Å²) in [4.78, 5) is 29.1. The maximum Gasteiger partial charge on any atom is 0.254 e. The third-order valence-corrected chi connectivity index (χ3v) is 3.94. The Bertz CT molecular complexity index is 854. The predicted molar refractivity (Wildman–Crippen MR) is 98.9 cm³/mol. The number of aliphatic hydroxyl groups is 1. The fourth-order valence-corrected chi connectivity index (χ4v) is 2.46. The van der Waals surface area contributed by atoms with Gasteiger partial charge in [0, 0.05) is 22.1 Å². The number of aryl methyl sites for hydroxylation is 1. The second kappa shape index (κ2) is 7.37. The molecule has 1 heterocycles. The Morgan fingerprint density at radius 2 is 2.00 bits per heavy atom. The smallest absolute Gasteiger partial charge is 0.254 e. The monoisotopic (exact) mass is 363 g/mol. The Labute approximate surface area is 151 Å². The largest absolute Gasteiger partial charge is 0.395 e. The highest BCUT2D eigenvalue weighted by Gasteiger charge is 2.23. The van der Waals surface area contributed by atoms with Crippen molar-refractivity contribution in [2.45, 2.75) is 34.2 Å². The van der Waals surface area contributed by atoms with Gasteiger partial charge >= 0.3 is 0 Å². The summed E-state index contributed by atoms with van der Waals surface area (Å²) in [5, 5.41) is 12.4. The molecule has 0 aliphatic rings. The lowest BCUT2D eigenvalue weighted by Crippen LogP contribution is -2.28. The summed E-state index contributed by atoms with van der Waals surface area (Å²) in [6.07, 6.45) is 0. The van der Waals surface area contributed by atoms with Gasteiger partial charge in [-0.1, -0.05) is 32.4 Å². The number of carbonyl (C=O) groups is 1. The molecule has 0 atom stereocenters. The van der Waals surface area contributed by atoms with E-state index >= 15 is 0 Å². The average molecular weight is 364 g/mol. The van der Waals surface area contributed by atoms with Gasteiger partial charge in [-0.2, -0.15) is 0 Å². The van der Waals surface area contributed by atoms with Crippen molar-refractivity contribution in [1.82, 2.24) is 9.55 Å². The Balaban J connectivity index is 2.53. The van der Waals surface area contributed by atoms with Crippen molar-refractivity contribution in [3.05, 3.63) is 45.5 Å². The zero-order chi connectivity index (χ0) is 18.8. The zero-order valence-electron chi connectivity index (χ0n) is 14.8. The SMILES string of the molecule is Cc1nc(-c2ccc(Cl)cc2NC(=O)C(C)(C)C)cc(=O)n1CCO. The van der Waals surface area contributed by atoms with Crippen LogP contribution in [-0.4, -0.2) is 27.2 Å². The van der Waals surface area contributed by atoms with E-state index in [1.807, 2.05) is 20.8 Å². The van der Waals surface area contributed by atoms with E-state index in [9.17, 15) is 9.59 Å². The minimum Gasteiger partial charge on any atom is -0.395 e. The van der Waals surface area contributed by atoms with E-state index in [0.717, 1.165) is 0 Å². The van der Waals surface area contributed by atoms with Gasteiger partial charge in [0.2, 0.25) is 5.91 Å². The minimum atomic E-state index is -0.576. The van der Waals surface area contributed by atoms with Crippen molar-refractivity contribution in [3.8, 4) is 11.3 Å². The Kier molecular flexibility index (Phi) is 5.65. The third-order valence-electron chi connectivity index (χ3n) is 3.71. The second-order valence-electron chi connectivity index (χ2n) is 6.80. The number of hydrogen-bond donors (Lipinski definition) is 2. The van der Waals surface area contributed by atoms with Crippen molar-refractivity contribution < 1.29 is 9.90 Å². The number of nitrogens with one attached hydrogen (secondary N) is 1. The molecule has 2 aromatic rings. The average Bonchev–Trinajstić information content (AvgIpc) is 2.50. The summed E-state index contributed by atoms with van der Waals surface area (Å²) >= 11 is 6.07. The topological polar surface area (TPSA) is 84.2 Å². The first-order valence-electron chi connectivity index (χ1n) is 7.94. The number of amides is 1. The Hall–Kier alpha value is -2.18. The van der Waals surface area contributed by atoms with E-state index in [1.54, 1.807) is 25.1 Å². The van der Waals surface area contributed by atoms with Crippen molar-refractivity contribution in [3.63, 3.8) is 0 Å². The van der Waals surface area contributed by atoms with Crippen LogP contribution in [0.15, 0.2) is 29.1 Å².